The lowest BCUT2D eigenvalue weighted by molar-refractivity contribution is -0.126. The number of likely N-dealkylation sites (N-methyl/N-ethyl adjacent to an activating group) is 1. The van der Waals surface area contributed by atoms with Gasteiger partial charge in [0.25, 0.3) is 17.7 Å². The fourth-order valence-corrected chi connectivity index (χ4v) is 9.94. The standard InChI is InChI=1S/C30H32FN7O2.C28H25N7O2/c1-37(2)16-5-8-24(39)22-6-3-4-7-23(22)29-36-26(27-28(32)34-15-17-38(27)29)19-9-11-20(12-10-19)30(40)35-25-18-21(31)13-14-33-25;29-26-25-24(19-9-11-20(12-10-19)28(37)32-22-5-1-2-14-30-22)33-27(35(25)17-15-31-26)21-4-3-16-34(21)23(36)13-8-18-6-7-18/h5,8-15,17-18,22-23H,3-4,6-7,16H2,1-2H3,(H2,32,34)(H,33,35,40);1-2,5,9-12,14-15,17-18,21H,3-4,6-7,16H2,(H2,29,31)(H,30,32,37)/b8-5+;/t22?,23-;21-/m10/s1. The first-order valence-corrected chi connectivity index (χ1v) is 25.7. The fraction of sp³-hybridized carbons (Fsp3) is 0.276. The van der Waals surface area contributed by atoms with E-state index in [9.17, 15) is 23.6 Å². The van der Waals surface area contributed by atoms with Gasteiger partial charge >= 0.3 is 0 Å². The van der Waals surface area contributed by atoms with Crippen LogP contribution in [0.5, 0.6) is 0 Å². The lowest BCUT2D eigenvalue weighted by atomic mass is 9.76. The Morgan fingerprint density at radius 1 is 0.701 bits per heavy atom. The Labute approximate surface area is 443 Å². The van der Waals surface area contributed by atoms with E-state index < -0.39 is 11.7 Å². The molecule has 2 aliphatic carbocycles. The molecule has 18 nitrogen and oxygen atoms in total. The van der Waals surface area contributed by atoms with E-state index in [1.807, 2.05) is 69.4 Å². The molecule has 2 aromatic carbocycles. The van der Waals surface area contributed by atoms with Crippen molar-refractivity contribution in [2.45, 2.75) is 63.3 Å². The first-order chi connectivity index (χ1) is 37.4. The van der Waals surface area contributed by atoms with Gasteiger partial charge in [0.1, 0.15) is 63.2 Å². The maximum atomic E-state index is 13.5. The van der Waals surface area contributed by atoms with E-state index in [-0.39, 0.29) is 41.3 Å². The summed E-state index contributed by atoms with van der Waals surface area (Å²) in [6.45, 7) is 1.35. The van der Waals surface area contributed by atoms with E-state index in [0.717, 1.165) is 80.2 Å². The number of allylic oxidation sites excluding steroid dienone is 1. The Kier molecular flexibility index (Phi) is 15.2. The van der Waals surface area contributed by atoms with Gasteiger partial charge in [0, 0.05) is 96.3 Å². The van der Waals surface area contributed by atoms with Crippen LogP contribution in [0.3, 0.4) is 0 Å². The molecule has 1 unspecified atom stereocenters. The molecule has 8 aromatic rings. The molecular weight excluding hydrogens is 976 g/mol. The highest BCUT2D eigenvalue weighted by atomic mass is 19.1. The molecule has 3 fully saturated rings. The van der Waals surface area contributed by atoms with Gasteiger partial charge in [-0.3, -0.25) is 28.0 Å². The maximum Gasteiger partial charge on any atom is 0.299 e. The van der Waals surface area contributed by atoms with Crippen molar-refractivity contribution in [3.8, 4) is 34.4 Å². The normalized spacial score (nSPS) is 17.2. The number of hydrogen-bond acceptors (Lipinski definition) is 13. The number of halogens is 1. The Morgan fingerprint density at radius 2 is 1.31 bits per heavy atom. The number of likely N-dealkylation sites (tertiary alicyclic amines) is 1. The molecule has 3 atom stereocenters. The molecule has 1 aliphatic heterocycles. The third kappa shape index (κ3) is 11.6. The third-order valence-electron chi connectivity index (χ3n) is 13.9. The highest BCUT2D eigenvalue weighted by Gasteiger charge is 2.36. The van der Waals surface area contributed by atoms with Gasteiger partial charge in [-0.1, -0.05) is 55.2 Å². The number of rotatable bonds is 12. The van der Waals surface area contributed by atoms with Crippen molar-refractivity contribution < 1.29 is 23.6 Å². The van der Waals surface area contributed by atoms with Gasteiger partial charge in [0.15, 0.2) is 5.78 Å². The van der Waals surface area contributed by atoms with Crippen LogP contribution in [0.15, 0.2) is 128 Å². The number of ketones is 1. The number of nitrogen functional groups attached to an aromatic ring is 2. The first-order valence-electron chi connectivity index (χ1n) is 25.7. The Bertz CT molecular complexity index is 3580. The quantitative estimate of drug-likeness (QED) is 0.0665. The third-order valence-corrected chi connectivity index (χ3v) is 13.9. The Morgan fingerprint density at radius 3 is 1.92 bits per heavy atom. The summed E-state index contributed by atoms with van der Waals surface area (Å²) in [5, 5.41) is 5.39. The molecule has 6 N–H and O–H groups in total. The maximum absolute atomic E-state index is 13.5. The minimum Gasteiger partial charge on any atom is -0.382 e. The molecule has 0 bridgehead atoms. The van der Waals surface area contributed by atoms with Crippen molar-refractivity contribution in [3.63, 3.8) is 0 Å². The highest BCUT2D eigenvalue weighted by molar-refractivity contribution is 6.05. The SMILES string of the molecule is CN(C)C/C=C/C(=O)C1CCCC[C@H]1c1nc(-c2ccc(C(=O)Nc3cc(F)ccn3)cc2)c2c(N)nccn12.Nc1nccn2c([C@@H]3CCCN3C(=O)C#CC3CC3)nc(-c3ccc(C(=O)Nc4ccccn4)cc3)c12. The molecule has 6 aromatic heterocycles. The van der Waals surface area contributed by atoms with Crippen LogP contribution in [0.4, 0.5) is 27.7 Å². The second-order valence-corrected chi connectivity index (χ2v) is 19.6. The van der Waals surface area contributed by atoms with Gasteiger partial charge < -0.3 is 31.9 Å². The number of benzene rings is 2. The van der Waals surface area contributed by atoms with Crippen LogP contribution in [0.1, 0.15) is 95.7 Å². The summed E-state index contributed by atoms with van der Waals surface area (Å²) >= 11 is 0. The predicted molar refractivity (Wildman–Crippen MR) is 292 cm³/mol. The van der Waals surface area contributed by atoms with E-state index in [4.69, 9.17) is 21.4 Å². The van der Waals surface area contributed by atoms with Gasteiger partial charge in [-0.05, 0) is 107 Å². The van der Waals surface area contributed by atoms with Crippen LogP contribution < -0.4 is 22.1 Å². The number of imidazole rings is 2. The Hall–Kier alpha value is -9.15. The molecule has 3 aliphatic rings. The molecule has 1 saturated heterocycles. The summed E-state index contributed by atoms with van der Waals surface area (Å²) in [7, 11) is 3.94. The lowest BCUT2D eigenvalue weighted by Crippen LogP contribution is -2.30. The van der Waals surface area contributed by atoms with E-state index in [1.54, 1.807) is 73.2 Å². The molecule has 7 heterocycles. The van der Waals surface area contributed by atoms with Crippen molar-refractivity contribution in [3.05, 3.63) is 157 Å². The van der Waals surface area contributed by atoms with E-state index in [0.29, 0.717) is 70.0 Å². The second kappa shape index (κ2) is 22.8. The number of carbonyl (C=O) groups is 4. The minimum absolute atomic E-state index is 0.0582. The molecule has 0 spiro atoms. The van der Waals surface area contributed by atoms with Crippen LogP contribution >= 0.6 is 0 Å². The van der Waals surface area contributed by atoms with Gasteiger partial charge in [-0.2, -0.15) is 0 Å². The van der Waals surface area contributed by atoms with Crippen molar-refractivity contribution in [1.82, 2.24) is 48.5 Å². The molecule has 19 heteroatoms. The van der Waals surface area contributed by atoms with Crippen molar-refractivity contribution in [1.29, 1.82) is 0 Å². The number of carbonyl (C=O) groups excluding carboxylic acids is 4. The number of hydrogen-bond donors (Lipinski definition) is 4. The largest absolute Gasteiger partial charge is 0.382 e. The zero-order chi connectivity index (χ0) is 53.6. The predicted octanol–water partition coefficient (Wildman–Crippen LogP) is 8.43. The summed E-state index contributed by atoms with van der Waals surface area (Å²) in [6.07, 6.45) is 21.0. The molecule has 11 rings (SSSR count). The number of nitrogens with zero attached hydrogens (tertiary/aromatic N) is 10. The van der Waals surface area contributed by atoms with Crippen molar-refractivity contribution >= 4 is 57.8 Å². The molecular formula is C58H57FN14O4. The van der Waals surface area contributed by atoms with Crippen LogP contribution in [0.25, 0.3) is 33.5 Å². The van der Waals surface area contributed by atoms with Gasteiger partial charge in [0.05, 0.1) is 6.04 Å². The minimum atomic E-state index is -0.485. The first kappa shape index (κ1) is 51.3. The lowest BCUT2D eigenvalue weighted by Gasteiger charge is -2.29. The van der Waals surface area contributed by atoms with E-state index >= 15 is 0 Å². The number of amides is 3. The fourth-order valence-electron chi connectivity index (χ4n) is 9.94. The van der Waals surface area contributed by atoms with Gasteiger partial charge in [-0.25, -0.2) is 34.3 Å². The van der Waals surface area contributed by atoms with E-state index in [2.05, 4.69) is 42.4 Å². The number of pyridine rings is 2. The van der Waals surface area contributed by atoms with Gasteiger partial charge in [-0.15, -0.1) is 0 Å². The monoisotopic (exact) mass is 1030 g/mol. The van der Waals surface area contributed by atoms with Crippen LogP contribution in [0, 0.1) is 29.5 Å². The molecule has 390 valence electrons. The highest BCUT2D eigenvalue weighted by Crippen LogP contribution is 2.41. The summed E-state index contributed by atoms with van der Waals surface area (Å²) in [4.78, 5) is 82.0. The number of fused-ring (bicyclic) bond motifs is 2. The number of anilines is 4. The van der Waals surface area contributed by atoms with Crippen LogP contribution in [0.2, 0.25) is 0 Å². The van der Waals surface area contributed by atoms with Crippen molar-refractivity contribution in [2.75, 3.05) is 49.3 Å². The summed E-state index contributed by atoms with van der Waals surface area (Å²) in [5.74, 6) is 7.69. The van der Waals surface area contributed by atoms with Gasteiger partial charge in [0.2, 0.25) is 0 Å². The average Bonchev–Trinajstić information content (AvgIpc) is 3.92. The topological polar surface area (TPSA) is 237 Å². The number of nitrogens with two attached hydrogens (primary N) is 2. The number of nitrogens with one attached hydrogen (secondary N) is 2. The van der Waals surface area contributed by atoms with Crippen molar-refractivity contribution in [2.24, 2.45) is 11.8 Å². The average molecular weight is 1030 g/mol. The van der Waals surface area contributed by atoms with Crippen LogP contribution in [-0.2, 0) is 9.59 Å². The number of aromatic nitrogens is 8. The summed E-state index contributed by atoms with van der Waals surface area (Å²) < 4.78 is 17.3. The summed E-state index contributed by atoms with van der Waals surface area (Å²) in [5.41, 5.74) is 17.7. The molecule has 77 heavy (non-hydrogen) atoms. The Balaban J connectivity index is 0.000000175. The summed E-state index contributed by atoms with van der Waals surface area (Å²) in [6, 6.07) is 21.6. The van der Waals surface area contributed by atoms with Crippen LogP contribution in [-0.4, -0.2) is 99.2 Å². The van der Waals surface area contributed by atoms with E-state index in [1.165, 1.54) is 12.3 Å². The zero-order valence-electron chi connectivity index (χ0n) is 42.6. The smallest absolute Gasteiger partial charge is 0.299 e. The zero-order valence-corrected chi connectivity index (χ0v) is 42.6. The molecule has 2 saturated carbocycles. The second-order valence-electron chi connectivity index (χ2n) is 19.6. The molecule has 0 radical (unpaired) electrons. The molecule has 3 amide bonds.